The van der Waals surface area contributed by atoms with Crippen LogP contribution in [0, 0.1) is 5.92 Å². The largest absolute Gasteiger partial charge is 0.339 e. The van der Waals surface area contributed by atoms with E-state index in [0.717, 1.165) is 49.0 Å². The van der Waals surface area contributed by atoms with E-state index in [4.69, 9.17) is 0 Å². The molecule has 0 spiro atoms. The Morgan fingerprint density at radius 1 is 0.824 bits per heavy atom. The van der Waals surface area contributed by atoms with E-state index in [1.165, 1.54) is 5.56 Å². The number of benzene rings is 3. The molecule has 5 heteroatoms. The highest BCUT2D eigenvalue weighted by Gasteiger charge is 2.33. The van der Waals surface area contributed by atoms with Gasteiger partial charge in [0.2, 0.25) is 5.91 Å². The number of amides is 2. The molecule has 2 aliphatic rings. The first-order chi connectivity index (χ1) is 16.7. The van der Waals surface area contributed by atoms with Crippen LogP contribution in [0.15, 0.2) is 84.9 Å². The Bertz CT molecular complexity index is 1110. The molecule has 1 atom stereocenters. The van der Waals surface area contributed by atoms with Gasteiger partial charge in [0.15, 0.2) is 0 Å². The third-order valence-electron chi connectivity index (χ3n) is 6.88. The van der Waals surface area contributed by atoms with E-state index in [9.17, 15) is 9.59 Å². The van der Waals surface area contributed by atoms with Crippen LogP contribution in [0.25, 0.3) is 0 Å². The second-order valence-electron chi connectivity index (χ2n) is 9.22. The van der Waals surface area contributed by atoms with Gasteiger partial charge in [-0.15, -0.1) is 11.8 Å². The molecule has 0 aliphatic carbocycles. The smallest absolute Gasteiger partial charge is 0.253 e. The van der Waals surface area contributed by atoms with Crippen LogP contribution >= 0.6 is 11.8 Å². The summed E-state index contributed by atoms with van der Waals surface area (Å²) in [6.45, 7) is 2.24. The van der Waals surface area contributed by atoms with E-state index >= 15 is 0 Å². The lowest BCUT2D eigenvalue weighted by Gasteiger charge is -2.32. The van der Waals surface area contributed by atoms with Gasteiger partial charge < -0.3 is 9.80 Å². The SMILES string of the molecule is O=C(c1ccc([C@@H]2SCC(=O)N2Cc2ccccc2)cc1)N1CCC(Cc2ccccc2)CC1. The van der Waals surface area contributed by atoms with Crippen molar-refractivity contribution in [1.29, 1.82) is 0 Å². The quantitative estimate of drug-likeness (QED) is 0.474. The normalized spacial score (nSPS) is 18.9. The molecule has 3 aromatic rings. The fourth-order valence-electron chi connectivity index (χ4n) is 4.94. The minimum Gasteiger partial charge on any atom is -0.339 e. The van der Waals surface area contributed by atoms with Gasteiger partial charge in [-0.2, -0.15) is 0 Å². The fraction of sp³-hybridized carbons (Fsp3) is 0.310. The number of nitrogens with zero attached hydrogens (tertiary/aromatic N) is 2. The molecule has 4 nitrogen and oxygen atoms in total. The van der Waals surface area contributed by atoms with E-state index in [2.05, 4.69) is 42.5 Å². The molecule has 2 saturated heterocycles. The Balaban J connectivity index is 1.19. The molecule has 34 heavy (non-hydrogen) atoms. The maximum Gasteiger partial charge on any atom is 0.253 e. The van der Waals surface area contributed by atoms with Gasteiger partial charge in [-0.05, 0) is 54.0 Å². The van der Waals surface area contributed by atoms with Gasteiger partial charge in [0, 0.05) is 25.2 Å². The van der Waals surface area contributed by atoms with E-state index in [-0.39, 0.29) is 17.2 Å². The first-order valence-corrected chi connectivity index (χ1v) is 13.1. The van der Waals surface area contributed by atoms with Gasteiger partial charge in [0.1, 0.15) is 5.37 Å². The van der Waals surface area contributed by atoms with Crippen LogP contribution in [0.3, 0.4) is 0 Å². The van der Waals surface area contributed by atoms with Gasteiger partial charge >= 0.3 is 0 Å². The highest BCUT2D eigenvalue weighted by molar-refractivity contribution is 8.00. The first kappa shape index (κ1) is 22.7. The maximum atomic E-state index is 13.1. The molecule has 0 saturated carbocycles. The summed E-state index contributed by atoms with van der Waals surface area (Å²) in [7, 11) is 0. The van der Waals surface area contributed by atoms with Crippen molar-refractivity contribution in [2.45, 2.75) is 31.2 Å². The number of carbonyl (C=O) groups is 2. The lowest BCUT2D eigenvalue weighted by atomic mass is 9.90. The maximum absolute atomic E-state index is 13.1. The average Bonchev–Trinajstić information content (AvgIpc) is 3.25. The summed E-state index contributed by atoms with van der Waals surface area (Å²) in [5, 5.41) is -0.00871. The number of thioether (sulfide) groups is 1. The van der Waals surface area contributed by atoms with Gasteiger partial charge in [-0.3, -0.25) is 9.59 Å². The highest BCUT2D eigenvalue weighted by atomic mass is 32.2. The number of likely N-dealkylation sites (tertiary alicyclic amines) is 1. The third-order valence-corrected chi connectivity index (χ3v) is 8.13. The Labute approximate surface area is 206 Å². The number of piperidine rings is 1. The lowest BCUT2D eigenvalue weighted by Crippen LogP contribution is -2.38. The minimum atomic E-state index is -0.00871. The molecule has 0 unspecified atom stereocenters. The van der Waals surface area contributed by atoms with Crippen molar-refractivity contribution in [3.05, 3.63) is 107 Å². The van der Waals surface area contributed by atoms with Gasteiger partial charge in [0.05, 0.1) is 5.75 Å². The second-order valence-corrected chi connectivity index (χ2v) is 10.3. The van der Waals surface area contributed by atoms with E-state index in [1.807, 2.05) is 52.3 Å². The highest BCUT2D eigenvalue weighted by Crippen LogP contribution is 2.39. The van der Waals surface area contributed by atoms with Gasteiger partial charge in [-0.1, -0.05) is 72.8 Å². The Kier molecular flexibility index (Phi) is 7.00. The molecule has 0 radical (unpaired) electrons. The lowest BCUT2D eigenvalue weighted by molar-refractivity contribution is -0.128. The zero-order valence-corrected chi connectivity index (χ0v) is 20.1. The molecule has 0 bridgehead atoms. The summed E-state index contributed by atoms with van der Waals surface area (Å²) < 4.78 is 0. The molecule has 3 aromatic carbocycles. The fourth-order valence-corrected chi connectivity index (χ4v) is 6.13. The van der Waals surface area contributed by atoms with Crippen LogP contribution in [0.5, 0.6) is 0 Å². The van der Waals surface area contributed by atoms with Gasteiger partial charge in [-0.25, -0.2) is 0 Å². The first-order valence-electron chi connectivity index (χ1n) is 12.1. The summed E-state index contributed by atoms with van der Waals surface area (Å²) in [6.07, 6.45) is 3.19. The molecule has 5 rings (SSSR count). The summed E-state index contributed by atoms with van der Waals surface area (Å²) in [6, 6.07) is 28.6. The Hall–Kier alpha value is -3.05. The standard InChI is InChI=1S/C29H30N2O2S/c32-27-21-34-29(31(27)20-24-9-5-2-6-10-24)26-13-11-25(12-14-26)28(33)30-17-15-23(16-18-30)19-22-7-3-1-4-8-22/h1-14,23,29H,15-21H2/t29-/m0/s1. The van der Waals surface area contributed by atoms with E-state index < -0.39 is 0 Å². The zero-order chi connectivity index (χ0) is 23.3. The van der Waals surface area contributed by atoms with Crippen LogP contribution in [-0.2, 0) is 17.8 Å². The van der Waals surface area contributed by atoms with E-state index in [0.29, 0.717) is 18.2 Å². The molecule has 2 heterocycles. The predicted octanol–water partition coefficient (Wildman–Crippen LogP) is 5.56. The monoisotopic (exact) mass is 470 g/mol. The zero-order valence-electron chi connectivity index (χ0n) is 19.3. The van der Waals surface area contributed by atoms with Gasteiger partial charge in [0.25, 0.3) is 5.91 Å². The van der Waals surface area contributed by atoms with Crippen molar-refractivity contribution in [2.24, 2.45) is 5.92 Å². The van der Waals surface area contributed by atoms with Crippen LogP contribution in [0.4, 0.5) is 0 Å². The molecule has 174 valence electrons. The molecule has 2 amide bonds. The number of hydrogen-bond donors (Lipinski definition) is 0. The number of carbonyl (C=O) groups excluding carboxylic acids is 2. The minimum absolute atomic E-state index is 0.00871. The van der Waals surface area contributed by atoms with Crippen molar-refractivity contribution < 1.29 is 9.59 Å². The topological polar surface area (TPSA) is 40.6 Å². The molecule has 2 fully saturated rings. The van der Waals surface area contributed by atoms with Crippen molar-refractivity contribution in [1.82, 2.24) is 9.80 Å². The van der Waals surface area contributed by atoms with Crippen LogP contribution < -0.4 is 0 Å². The van der Waals surface area contributed by atoms with Crippen LogP contribution in [-0.4, -0.2) is 40.5 Å². The molecular weight excluding hydrogens is 440 g/mol. The summed E-state index contributed by atoms with van der Waals surface area (Å²) >= 11 is 1.66. The average molecular weight is 471 g/mol. The second kappa shape index (κ2) is 10.5. The summed E-state index contributed by atoms with van der Waals surface area (Å²) in [5.74, 6) is 1.41. The van der Waals surface area contributed by atoms with E-state index in [1.54, 1.807) is 11.8 Å². The van der Waals surface area contributed by atoms with Crippen LogP contribution in [0.2, 0.25) is 0 Å². The van der Waals surface area contributed by atoms with Crippen molar-refractivity contribution in [3.63, 3.8) is 0 Å². The molecular formula is C29H30N2O2S. The van der Waals surface area contributed by atoms with Crippen molar-refractivity contribution in [2.75, 3.05) is 18.8 Å². The van der Waals surface area contributed by atoms with Crippen molar-refractivity contribution >= 4 is 23.6 Å². The van der Waals surface area contributed by atoms with Crippen LogP contribution in [0.1, 0.15) is 45.3 Å². The summed E-state index contributed by atoms with van der Waals surface area (Å²) in [5.41, 5.74) is 4.32. The van der Waals surface area contributed by atoms with Crippen molar-refractivity contribution in [3.8, 4) is 0 Å². The summed E-state index contributed by atoms with van der Waals surface area (Å²) in [4.78, 5) is 29.6. The molecule has 2 aliphatic heterocycles. The number of rotatable bonds is 6. The third kappa shape index (κ3) is 5.20. The molecule has 0 aromatic heterocycles. The Morgan fingerprint density at radius 2 is 1.44 bits per heavy atom. The molecule has 0 N–H and O–H groups in total. The number of hydrogen-bond acceptors (Lipinski definition) is 3. The predicted molar refractivity (Wildman–Crippen MR) is 137 cm³/mol. The Morgan fingerprint density at radius 3 is 2.09 bits per heavy atom.